The highest BCUT2D eigenvalue weighted by Crippen LogP contribution is 2.22. The van der Waals surface area contributed by atoms with Crippen LogP contribution >= 0.6 is 38.5 Å². The van der Waals surface area contributed by atoms with Crippen LogP contribution in [0.4, 0.5) is 5.69 Å². The summed E-state index contributed by atoms with van der Waals surface area (Å²) in [5.74, 6) is 0.919. The predicted octanol–water partition coefficient (Wildman–Crippen LogP) is 5.20. The Morgan fingerprint density at radius 2 is 2.11 bits per heavy atom. The molecule has 0 aliphatic carbocycles. The van der Waals surface area contributed by atoms with E-state index >= 15 is 0 Å². The van der Waals surface area contributed by atoms with E-state index in [9.17, 15) is 0 Å². The lowest BCUT2D eigenvalue weighted by atomic mass is 10.2. The molecular formula is C15H13BrINO. The van der Waals surface area contributed by atoms with E-state index in [1.165, 1.54) is 0 Å². The van der Waals surface area contributed by atoms with Crippen molar-refractivity contribution in [2.75, 3.05) is 6.61 Å². The first-order chi connectivity index (χ1) is 9.19. The van der Waals surface area contributed by atoms with Crippen LogP contribution in [-0.4, -0.2) is 12.8 Å². The predicted molar refractivity (Wildman–Crippen MR) is 91.7 cm³/mol. The molecular weight excluding hydrogens is 417 g/mol. The van der Waals surface area contributed by atoms with Crippen molar-refractivity contribution in [3.8, 4) is 5.75 Å². The van der Waals surface area contributed by atoms with Crippen LogP contribution in [0.25, 0.3) is 0 Å². The zero-order valence-corrected chi connectivity index (χ0v) is 14.2. The van der Waals surface area contributed by atoms with E-state index in [1.54, 1.807) is 0 Å². The van der Waals surface area contributed by atoms with Gasteiger partial charge in [-0.2, -0.15) is 0 Å². The van der Waals surface area contributed by atoms with Crippen molar-refractivity contribution in [3.63, 3.8) is 0 Å². The number of halogens is 2. The van der Waals surface area contributed by atoms with Gasteiger partial charge in [0.1, 0.15) is 5.75 Å². The maximum atomic E-state index is 5.51. The number of nitrogens with zero attached hydrogens (tertiary/aromatic N) is 1. The van der Waals surface area contributed by atoms with Gasteiger partial charge in [-0.3, -0.25) is 4.99 Å². The van der Waals surface area contributed by atoms with E-state index in [2.05, 4.69) is 49.6 Å². The molecule has 0 amide bonds. The molecule has 0 bridgehead atoms. The second-order valence-corrected chi connectivity index (χ2v) is 5.94. The van der Waals surface area contributed by atoms with Crippen LogP contribution < -0.4 is 4.74 Å². The van der Waals surface area contributed by atoms with Gasteiger partial charge in [0.05, 0.1) is 15.9 Å². The summed E-state index contributed by atoms with van der Waals surface area (Å²) in [7, 11) is 0. The number of aliphatic imine (C=N–C) groups is 1. The van der Waals surface area contributed by atoms with E-state index in [1.807, 2.05) is 49.5 Å². The summed E-state index contributed by atoms with van der Waals surface area (Å²) < 4.78 is 7.64. The summed E-state index contributed by atoms with van der Waals surface area (Å²) in [5.41, 5.74) is 1.99. The third-order valence-electron chi connectivity index (χ3n) is 2.43. The van der Waals surface area contributed by atoms with Crippen LogP contribution in [0.3, 0.4) is 0 Å². The average molecular weight is 430 g/mol. The summed E-state index contributed by atoms with van der Waals surface area (Å²) in [6.45, 7) is 2.67. The summed E-state index contributed by atoms with van der Waals surface area (Å²) in [6, 6.07) is 14.0. The summed E-state index contributed by atoms with van der Waals surface area (Å²) >= 11 is 5.71. The molecule has 0 saturated carbocycles. The highest BCUT2D eigenvalue weighted by Gasteiger charge is 2.00. The quantitative estimate of drug-likeness (QED) is 0.483. The van der Waals surface area contributed by atoms with Gasteiger partial charge in [-0.1, -0.05) is 22.0 Å². The molecule has 19 heavy (non-hydrogen) atoms. The molecule has 2 nitrogen and oxygen atoms in total. The largest absolute Gasteiger partial charge is 0.493 e. The van der Waals surface area contributed by atoms with E-state index < -0.39 is 0 Å². The van der Waals surface area contributed by atoms with Gasteiger partial charge in [-0.25, -0.2) is 0 Å². The van der Waals surface area contributed by atoms with Gasteiger partial charge in [-0.15, -0.1) is 0 Å². The first kappa shape index (κ1) is 14.5. The summed E-state index contributed by atoms with van der Waals surface area (Å²) in [4.78, 5) is 4.45. The Kier molecular flexibility index (Phi) is 5.39. The number of ether oxygens (including phenoxy) is 1. The SMILES string of the molecule is CCOc1ccc(C=Nc2cccc(Br)c2)cc1I. The van der Waals surface area contributed by atoms with E-state index in [0.29, 0.717) is 6.61 Å². The molecule has 2 aromatic carbocycles. The van der Waals surface area contributed by atoms with Gasteiger partial charge < -0.3 is 4.74 Å². The van der Waals surface area contributed by atoms with Crippen LogP contribution in [0, 0.1) is 3.57 Å². The van der Waals surface area contributed by atoms with Crippen molar-refractivity contribution in [1.29, 1.82) is 0 Å². The molecule has 4 heteroatoms. The molecule has 0 aromatic heterocycles. The standard InChI is InChI=1S/C15H13BrINO/c1-2-19-15-7-6-11(8-14(15)17)10-18-13-5-3-4-12(16)9-13/h3-10H,2H2,1H3. The van der Waals surface area contributed by atoms with Gasteiger partial charge >= 0.3 is 0 Å². The number of hydrogen-bond acceptors (Lipinski definition) is 2. The molecule has 0 atom stereocenters. The third-order valence-corrected chi connectivity index (χ3v) is 3.76. The maximum absolute atomic E-state index is 5.51. The van der Waals surface area contributed by atoms with Crippen molar-refractivity contribution in [2.45, 2.75) is 6.92 Å². The molecule has 0 N–H and O–H groups in total. The van der Waals surface area contributed by atoms with Crippen LogP contribution in [0.15, 0.2) is 51.9 Å². The molecule has 0 spiro atoms. The van der Waals surface area contributed by atoms with Crippen LogP contribution in [0.5, 0.6) is 5.75 Å². The van der Waals surface area contributed by atoms with Gasteiger partial charge in [0.25, 0.3) is 0 Å². The van der Waals surface area contributed by atoms with Crippen molar-refractivity contribution < 1.29 is 4.74 Å². The average Bonchev–Trinajstić information content (AvgIpc) is 2.39. The second-order valence-electron chi connectivity index (χ2n) is 3.86. The number of rotatable bonds is 4. The topological polar surface area (TPSA) is 21.6 Å². The Labute approximate surface area is 135 Å². The number of benzene rings is 2. The molecule has 0 aliphatic rings. The zero-order valence-electron chi connectivity index (χ0n) is 10.4. The molecule has 98 valence electrons. The lowest BCUT2D eigenvalue weighted by Crippen LogP contribution is -1.94. The van der Waals surface area contributed by atoms with Crippen molar-refractivity contribution in [3.05, 3.63) is 56.1 Å². The van der Waals surface area contributed by atoms with Gasteiger partial charge in [-0.05, 0) is 71.5 Å². The minimum atomic E-state index is 0.682. The van der Waals surface area contributed by atoms with E-state index in [0.717, 1.165) is 25.0 Å². The fourth-order valence-corrected chi connectivity index (χ4v) is 2.66. The van der Waals surface area contributed by atoms with Gasteiger partial charge in [0.15, 0.2) is 0 Å². The molecule has 0 fully saturated rings. The fraction of sp³-hybridized carbons (Fsp3) is 0.133. The molecule has 0 unspecified atom stereocenters. The van der Waals surface area contributed by atoms with E-state index in [4.69, 9.17) is 4.74 Å². The molecule has 0 saturated heterocycles. The minimum Gasteiger partial charge on any atom is -0.493 e. The molecule has 0 aliphatic heterocycles. The Bertz CT molecular complexity index is 598. The van der Waals surface area contributed by atoms with Crippen molar-refractivity contribution in [1.82, 2.24) is 0 Å². The van der Waals surface area contributed by atoms with Gasteiger partial charge in [0, 0.05) is 10.7 Å². The highest BCUT2D eigenvalue weighted by molar-refractivity contribution is 14.1. The van der Waals surface area contributed by atoms with Crippen LogP contribution in [0.1, 0.15) is 12.5 Å². The molecule has 2 aromatic rings. The Balaban J connectivity index is 2.17. The monoisotopic (exact) mass is 429 g/mol. The molecule has 2 rings (SSSR count). The first-order valence-electron chi connectivity index (χ1n) is 5.91. The lowest BCUT2D eigenvalue weighted by molar-refractivity contribution is 0.338. The van der Waals surface area contributed by atoms with Crippen LogP contribution in [-0.2, 0) is 0 Å². The fourth-order valence-electron chi connectivity index (χ4n) is 1.58. The summed E-state index contributed by atoms with van der Waals surface area (Å²) in [5, 5.41) is 0. The van der Waals surface area contributed by atoms with E-state index in [-0.39, 0.29) is 0 Å². The maximum Gasteiger partial charge on any atom is 0.132 e. The molecule has 0 heterocycles. The Morgan fingerprint density at radius 1 is 1.26 bits per heavy atom. The Hall–Kier alpha value is -0.880. The Morgan fingerprint density at radius 3 is 2.79 bits per heavy atom. The third kappa shape index (κ3) is 4.31. The van der Waals surface area contributed by atoms with Gasteiger partial charge in [0.2, 0.25) is 0 Å². The smallest absolute Gasteiger partial charge is 0.132 e. The molecule has 0 radical (unpaired) electrons. The zero-order chi connectivity index (χ0) is 13.7. The first-order valence-corrected chi connectivity index (χ1v) is 7.78. The normalized spacial score (nSPS) is 10.9. The minimum absolute atomic E-state index is 0.682. The van der Waals surface area contributed by atoms with Crippen LogP contribution in [0.2, 0.25) is 0 Å². The summed E-state index contributed by atoms with van der Waals surface area (Å²) in [6.07, 6.45) is 1.86. The lowest BCUT2D eigenvalue weighted by Gasteiger charge is -2.05. The second kappa shape index (κ2) is 7.05. The number of hydrogen-bond donors (Lipinski definition) is 0. The highest BCUT2D eigenvalue weighted by atomic mass is 127. The van der Waals surface area contributed by atoms with Crippen molar-refractivity contribution >= 4 is 50.4 Å². The van der Waals surface area contributed by atoms with Crippen molar-refractivity contribution in [2.24, 2.45) is 4.99 Å².